The molecule has 33 heavy (non-hydrogen) atoms. The topological polar surface area (TPSA) is 84.0 Å². The molecule has 1 heterocycles. The quantitative estimate of drug-likeness (QED) is 0.452. The molecule has 172 valence electrons. The summed E-state index contributed by atoms with van der Waals surface area (Å²) in [5.41, 5.74) is 3.28. The van der Waals surface area contributed by atoms with Crippen molar-refractivity contribution < 1.29 is 28.5 Å². The van der Waals surface area contributed by atoms with Crippen LogP contribution in [0.1, 0.15) is 44.6 Å². The third-order valence-electron chi connectivity index (χ3n) is 5.11. The van der Waals surface area contributed by atoms with Gasteiger partial charge in [0.15, 0.2) is 11.5 Å². The summed E-state index contributed by atoms with van der Waals surface area (Å²) in [7, 11) is 2.57. The van der Waals surface area contributed by atoms with Gasteiger partial charge >= 0.3 is 11.9 Å². The van der Waals surface area contributed by atoms with Gasteiger partial charge in [0.25, 0.3) is 0 Å². The van der Waals surface area contributed by atoms with E-state index in [4.69, 9.17) is 18.9 Å². The number of pyridine rings is 1. The molecule has 0 spiro atoms. The van der Waals surface area contributed by atoms with Crippen LogP contribution in [-0.4, -0.2) is 37.7 Å². The molecule has 7 nitrogen and oxygen atoms in total. The minimum atomic E-state index is -0.595. The number of aryl methyl sites for hydroxylation is 2. The average molecular weight is 450 g/mol. The van der Waals surface area contributed by atoms with E-state index in [1.54, 1.807) is 32.0 Å². The van der Waals surface area contributed by atoms with E-state index in [9.17, 15) is 9.59 Å². The number of benzene rings is 2. The SMILES string of the molecule is CCOc1cc(-c2c(C(=O)OC)c(C)nc(C)c2C(=O)OC)ccc1OCc1ccccc1. The van der Waals surface area contributed by atoms with Crippen LogP contribution in [0.3, 0.4) is 0 Å². The first-order valence-electron chi connectivity index (χ1n) is 10.5. The summed E-state index contributed by atoms with van der Waals surface area (Å²) in [4.78, 5) is 29.7. The summed E-state index contributed by atoms with van der Waals surface area (Å²) >= 11 is 0. The van der Waals surface area contributed by atoms with Gasteiger partial charge in [0, 0.05) is 5.56 Å². The molecule has 0 amide bonds. The van der Waals surface area contributed by atoms with Gasteiger partial charge in [-0.25, -0.2) is 9.59 Å². The van der Waals surface area contributed by atoms with Crippen molar-refractivity contribution in [3.8, 4) is 22.6 Å². The molecule has 0 aliphatic heterocycles. The Labute approximate surface area is 193 Å². The molecule has 0 fully saturated rings. The van der Waals surface area contributed by atoms with Crippen LogP contribution in [-0.2, 0) is 16.1 Å². The fraction of sp³-hybridized carbons (Fsp3) is 0.269. The molecule has 0 bridgehead atoms. The Balaban J connectivity index is 2.16. The number of rotatable bonds is 8. The summed E-state index contributed by atoms with van der Waals surface area (Å²) < 4.78 is 21.8. The van der Waals surface area contributed by atoms with E-state index in [1.165, 1.54) is 14.2 Å². The maximum absolute atomic E-state index is 12.7. The lowest BCUT2D eigenvalue weighted by Gasteiger charge is -2.19. The second kappa shape index (κ2) is 10.6. The molecule has 3 rings (SSSR count). The molecule has 0 unspecified atom stereocenters. The lowest BCUT2D eigenvalue weighted by molar-refractivity contribution is 0.0599. The molecular formula is C26H27NO6. The van der Waals surface area contributed by atoms with Crippen LogP contribution >= 0.6 is 0 Å². The zero-order valence-electron chi connectivity index (χ0n) is 19.4. The molecule has 0 aliphatic carbocycles. The maximum Gasteiger partial charge on any atom is 0.340 e. The second-order valence-corrected chi connectivity index (χ2v) is 7.26. The highest BCUT2D eigenvalue weighted by atomic mass is 16.5. The maximum atomic E-state index is 12.7. The Kier molecular flexibility index (Phi) is 7.66. The largest absolute Gasteiger partial charge is 0.490 e. The van der Waals surface area contributed by atoms with Crippen LogP contribution in [0.5, 0.6) is 11.5 Å². The second-order valence-electron chi connectivity index (χ2n) is 7.26. The first kappa shape index (κ1) is 23.8. The molecule has 1 aromatic heterocycles. The third-order valence-corrected chi connectivity index (χ3v) is 5.11. The van der Waals surface area contributed by atoms with Crippen LogP contribution in [0.25, 0.3) is 11.1 Å². The first-order chi connectivity index (χ1) is 15.9. The van der Waals surface area contributed by atoms with E-state index in [0.717, 1.165) is 5.56 Å². The highest BCUT2D eigenvalue weighted by Crippen LogP contribution is 2.38. The number of carbonyl (C=O) groups excluding carboxylic acids is 2. The summed E-state index contributed by atoms with van der Waals surface area (Å²) in [6.07, 6.45) is 0. The van der Waals surface area contributed by atoms with E-state index in [-0.39, 0.29) is 11.1 Å². The Morgan fingerprint density at radius 3 is 1.97 bits per heavy atom. The number of carbonyl (C=O) groups is 2. The molecule has 0 N–H and O–H groups in total. The van der Waals surface area contributed by atoms with Gasteiger partial charge in [-0.2, -0.15) is 0 Å². The van der Waals surface area contributed by atoms with Crippen LogP contribution < -0.4 is 9.47 Å². The Hall–Kier alpha value is -3.87. The van der Waals surface area contributed by atoms with E-state index < -0.39 is 11.9 Å². The van der Waals surface area contributed by atoms with Crippen molar-refractivity contribution in [3.63, 3.8) is 0 Å². The summed E-state index contributed by atoms with van der Waals surface area (Å²) in [6, 6.07) is 15.1. The number of hydrogen-bond acceptors (Lipinski definition) is 7. The fourth-order valence-corrected chi connectivity index (χ4v) is 3.63. The van der Waals surface area contributed by atoms with E-state index in [0.29, 0.717) is 47.2 Å². The van der Waals surface area contributed by atoms with Crippen molar-refractivity contribution >= 4 is 11.9 Å². The molecule has 0 saturated carbocycles. The molecule has 7 heteroatoms. The van der Waals surface area contributed by atoms with Gasteiger partial charge in [0.1, 0.15) is 6.61 Å². The predicted octanol–water partition coefficient (Wildman–Crippen LogP) is 4.92. The van der Waals surface area contributed by atoms with Crippen molar-refractivity contribution in [2.24, 2.45) is 0 Å². The fourth-order valence-electron chi connectivity index (χ4n) is 3.63. The molecule has 0 radical (unpaired) electrons. The number of esters is 2. The zero-order chi connectivity index (χ0) is 24.0. The van der Waals surface area contributed by atoms with Crippen LogP contribution in [0.15, 0.2) is 48.5 Å². The number of methoxy groups -OCH3 is 2. The van der Waals surface area contributed by atoms with Gasteiger partial charge in [-0.15, -0.1) is 0 Å². The van der Waals surface area contributed by atoms with Crippen LogP contribution in [0, 0.1) is 13.8 Å². The van der Waals surface area contributed by atoms with Crippen molar-refractivity contribution in [1.82, 2.24) is 4.98 Å². The van der Waals surface area contributed by atoms with Crippen LogP contribution in [0.4, 0.5) is 0 Å². The number of aromatic nitrogens is 1. The summed E-state index contributed by atoms with van der Waals surface area (Å²) in [5.74, 6) is -0.152. The van der Waals surface area contributed by atoms with Crippen molar-refractivity contribution in [2.75, 3.05) is 20.8 Å². The van der Waals surface area contributed by atoms with E-state index >= 15 is 0 Å². The van der Waals surface area contributed by atoms with Gasteiger partial charge in [0.05, 0.1) is 43.3 Å². The highest BCUT2D eigenvalue weighted by Gasteiger charge is 2.28. The van der Waals surface area contributed by atoms with Crippen molar-refractivity contribution in [1.29, 1.82) is 0 Å². The summed E-state index contributed by atoms with van der Waals surface area (Å²) in [5, 5.41) is 0. The van der Waals surface area contributed by atoms with Gasteiger partial charge in [0.2, 0.25) is 0 Å². The van der Waals surface area contributed by atoms with Gasteiger partial charge in [-0.05, 0) is 44.0 Å². The van der Waals surface area contributed by atoms with Crippen molar-refractivity contribution in [2.45, 2.75) is 27.4 Å². The standard InChI is InChI=1S/C26H27NO6/c1-6-32-21-14-19(12-13-20(21)33-15-18-10-8-7-9-11-18)24-22(25(28)30-4)16(2)27-17(3)23(24)26(29)31-5/h7-14H,6,15H2,1-5H3. The van der Waals surface area contributed by atoms with Crippen molar-refractivity contribution in [3.05, 3.63) is 76.6 Å². The number of ether oxygens (including phenoxy) is 4. The molecule has 3 aromatic rings. The first-order valence-corrected chi connectivity index (χ1v) is 10.5. The van der Waals surface area contributed by atoms with Crippen LogP contribution in [0.2, 0.25) is 0 Å². The predicted molar refractivity (Wildman–Crippen MR) is 124 cm³/mol. The van der Waals surface area contributed by atoms with Gasteiger partial charge < -0.3 is 18.9 Å². The average Bonchev–Trinajstić information content (AvgIpc) is 2.82. The molecule has 2 aromatic carbocycles. The lowest BCUT2D eigenvalue weighted by Crippen LogP contribution is -2.16. The zero-order valence-corrected chi connectivity index (χ0v) is 19.4. The van der Waals surface area contributed by atoms with Gasteiger partial charge in [-0.1, -0.05) is 36.4 Å². The minimum Gasteiger partial charge on any atom is -0.490 e. The highest BCUT2D eigenvalue weighted by molar-refractivity contribution is 6.07. The Morgan fingerprint density at radius 1 is 0.818 bits per heavy atom. The van der Waals surface area contributed by atoms with E-state index in [2.05, 4.69) is 4.98 Å². The summed E-state index contributed by atoms with van der Waals surface area (Å²) in [6.45, 7) is 6.05. The molecule has 0 aliphatic rings. The Bertz CT molecular complexity index is 1120. The molecule has 0 atom stereocenters. The molecule has 0 saturated heterocycles. The van der Waals surface area contributed by atoms with Gasteiger partial charge in [-0.3, -0.25) is 4.98 Å². The normalized spacial score (nSPS) is 10.5. The van der Waals surface area contributed by atoms with E-state index in [1.807, 2.05) is 37.3 Å². The third kappa shape index (κ3) is 5.14. The molecular weight excluding hydrogens is 422 g/mol. The number of nitrogens with zero attached hydrogens (tertiary/aromatic N) is 1. The number of hydrogen-bond donors (Lipinski definition) is 0. The lowest BCUT2D eigenvalue weighted by atomic mass is 9.92. The Morgan fingerprint density at radius 2 is 1.42 bits per heavy atom. The monoisotopic (exact) mass is 449 g/mol. The smallest absolute Gasteiger partial charge is 0.340 e. The minimum absolute atomic E-state index is 0.198.